The number of carbonyl (C=O) groups excluding carboxylic acids is 2. The lowest BCUT2D eigenvalue weighted by Gasteiger charge is -2.24. The van der Waals surface area contributed by atoms with Crippen LogP contribution >= 0.6 is 11.6 Å². The van der Waals surface area contributed by atoms with Crippen LogP contribution in [-0.4, -0.2) is 46.2 Å². The molecule has 4 N–H and O–H groups in total. The molecule has 3 heterocycles. The van der Waals surface area contributed by atoms with Gasteiger partial charge in [0.15, 0.2) is 0 Å². The summed E-state index contributed by atoms with van der Waals surface area (Å²) in [6.45, 7) is 2.00. The van der Waals surface area contributed by atoms with Gasteiger partial charge in [0.1, 0.15) is 46.5 Å². The Labute approximate surface area is 241 Å². The fraction of sp³-hybridized carbons (Fsp3) is 0.241. The fourth-order valence-corrected chi connectivity index (χ4v) is 4.96. The number of rotatable bonds is 6. The third-order valence-corrected chi connectivity index (χ3v) is 7.50. The monoisotopic (exact) mass is 602 g/mol. The van der Waals surface area contributed by atoms with Crippen LogP contribution in [0.4, 0.5) is 17.6 Å². The number of nitrogens with zero attached hydrogens (tertiary/aromatic N) is 2. The Hall–Kier alpha value is -4.45. The maximum absolute atomic E-state index is 14.5. The SMILES string of the molecule is Cc1cnc2c(O)cc(C(=O)NCC(c3cc4c(c(-c5ccc(F)c(Cl)c5)n3)OC[C@]4(C)C(N)=O)C(F)(F)F)cc2c1. The Morgan fingerprint density at radius 2 is 1.95 bits per heavy atom. The van der Waals surface area contributed by atoms with Gasteiger partial charge in [0.2, 0.25) is 5.91 Å². The molecule has 42 heavy (non-hydrogen) atoms. The third-order valence-electron chi connectivity index (χ3n) is 7.21. The van der Waals surface area contributed by atoms with Crippen LogP contribution in [0.15, 0.2) is 48.7 Å². The Morgan fingerprint density at radius 1 is 1.21 bits per heavy atom. The topological polar surface area (TPSA) is 127 Å². The zero-order valence-corrected chi connectivity index (χ0v) is 22.9. The number of ether oxygens (including phenoxy) is 1. The molecule has 0 saturated heterocycles. The number of benzene rings is 2. The minimum atomic E-state index is -4.90. The number of pyridine rings is 2. The summed E-state index contributed by atoms with van der Waals surface area (Å²) in [6.07, 6.45) is -3.37. The zero-order valence-electron chi connectivity index (χ0n) is 22.1. The molecule has 1 aliphatic heterocycles. The molecule has 5 rings (SSSR count). The smallest absolute Gasteiger partial charge is 0.398 e. The van der Waals surface area contributed by atoms with Gasteiger partial charge in [0, 0.05) is 34.8 Å². The molecule has 1 unspecified atom stereocenters. The van der Waals surface area contributed by atoms with Gasteiger partial charge >= 0.3 is 6.18 Å². The summed E-state index contributed by atoms with van der Waals surface area (Å²) in [5.74, 6) is -5.09. The number of aromatic hydroxyl groups is 1. The van der Waals surface area contributed by atoms with Crippen molar-refractivity contribution >= 4 is 34.3 Å². The number of primary amides is 1. The second-order valence-corrected chi connectivity index (χ2v) is 10.7. The Kier molecular flexibility index (Phi) is 7.22. The lowest BCUT2D eigenvalue weighted by molar-refractivity contribution is -0.149. The van der Waals surface area contributed by atoms with Crippen molar-refractivity contribution in [2.24, 2.45) is 5.73 Å². The Bertz CT molecular complexity index is 1760. The number of nitrogens with two attached hydrogens (primary N) is 1. The van der Waals surface area contributed by atoms with Crippen LogP contribution in [0.3, 0.4) is 0 Å². The van der Waals surface area contributed by atoms with Crippen molar-refractivity contribution in [3.8, 4) is 22.8 Å². The van der Waals surface area contributed by atoms with Gasteiger partial charge in [-0.2, -0.15) is 13.2 Å². The van der Waals surface area contributed by atoms with E-state index in [1.165, 1.54) is 31.3 Å². The fourth-order valence-electron chi connectivity index (χ4n) is 4.78. The van der Waals surface area contributed by atoms with Gasteiger partial charge < -0.3 is 20.9 Å². The van der Waals surface area contributed by atoms with E-state index in [2.05, 4.69) is 15.3 Å². The van der Waals surface area contributed by atoms with E-state index in [1.54, 1.807) is 13.0 Å². The number of halogens is 5. The normalized spacial score (nSPS) is 17.0. The van der Waals surface area contributed by atoms with E-state index in [1.807, 2.05) is 0 Å². The summed E-state index contributed by atoms with van der Waals surface area (Å²) >= 11 is 5.93. The van der Waals surface area contributed by atoms with Crippen molar-refractivity contribution in [2.45, 2.75) is 31.4 Å². The lowest BCUT2D eigenvalue weighted by Crippen LogP contribution is -2.40. The summed E-state index contributed by atoms with van der Waals surface area (Å²) in [7, 11) is 0. The summed E-state index contributed by atoms with van der Waals surface area (Å²) in [5, 5.41) is 12.7. The van der Waals surface area contributed by atoms with Gasteiger partial charge in [-0.05, 0) is 61.9 Å². The average Bonchev–Trinajstić information content (AvgIpc) is 3.26. The van der Waals surface area contributed by atoms with Crippen molar-refractivity contribution < 1.29 is 37.0 Å². The number of phenolic OH excluding ortho intramolecular Hbond substituents is 1. The van der Waals surface area contributed by atoms with E-state index < -0.39 is 47.4 Å². The maximum atomic E-state index is 14.5. The van der Waals surface area contributed by atoms with Crippen molar-refractivity contribution in [1.82, 2.24) is 15.3 Å². The minimum Gasteiger partial charge on any atom is -0.506 e. The van der Waals surface area contributed by atoms with Gasteiger partial charge in [0.25, 0.3) is 5.91 Å². The highest BCUT2D eigenvalue weighted by Gasteiger charge is 2.47. The molecule has 4 aromatic rings. The first-order valence-electron chi connectivity index (χ1n) is 12.6. The molecule has 2 aromatic carbocycles. The number of nitrogens with one attached hydrogen (secondary N) is 1. The van der Waals surface area contributed by atoms with Crippen molar-refractivity contribution in [2.75, 3.05) is 13.2 Å². The standard InChI is InChI=1S/C29H23ClF4N4O4/c1-13-5-15-6-16(8-22(39)23(15)36-10-13)26(40)37-11-18(29(32,33)34)21-9-17-25(42-12-28(17,2)27(35)41)24(38-21)14-3-4-20(31)19(30)7-14/h3-10,18,39H,11-12H2,1-2H3,(H2,35,41)(H,37,40)/t18?,28-/m0/s1. The van der Waals surface area contributed by atoms with Crippen LogP contribution in [0.2, 0.25) is 5.02 Å². The Morgan fingerprint density at radius 3 is 2.62 bits per heavy atom. The number of alkyl halides is 3. The molecule has 2 atom stereocenters. The first-order chi connectivity index (χ1) is 19.7. The van der Waals surface area contributed by atoms with E-state index in [0.717, 1.165) is 23.8 Å². The first-order valence-corrected chi connectivity index (χ1v) is 12.9. The molecule has 0 fully saturated rings. The van der Waals surface area contributed by atoms with Crippen LogP contribution in [0.25, 0.3) is 22.2 Å². The van der Waals surface area contributed by atoms with Gasteiger partial charge in [-0.1, -0.05) is 11.6 Å². The molecule has 0 bridgehead atoms. The lowest BCUT2D eigenvalue weighted by atomic mass is 9.82. The molecule has 0 spiro atoms. The molecule has 0 saturated carbocycles. The maximum Gasteiger partial charge on any atom is 0.398 e. The van der Waals surface area contributed by atoms with Crippen LogP contribution in [0, 0.1) is 12.7 Å². The number of hydrogen-bond acceptors (Lipinski definition) is 6. The molecule has 2 amide bonds. The zero-order chi connectivity index (χ0) is 30.6. The Balaban J connectivity index is 1.56. The average molecular weight is 603 g/mol. The highest BCUT2D eigenvalue weighted by Crippen LogP contribution is 2.47. The highest BCUT2D eigenvalue weighted by molar-refractivity contribution is 6.31. The van der Waals surface area contributed by atoms with Crippen molar-refractivity contribution in [3.05, 3.63) is 81.9 Å². The second-order valence-electron chi connectivity index (χ2n) is 10.3. The van der Waals surface area contributed by atoms with Gasteiger partial charge in [0.05, 0.1) is 10.7 Å². The molecule has 2 aromatic heterocycles. The van der Waals surface area contributed by atoms with Crippen LogP contribution < -0.4 is 15.8 Å². The van der Waals surface area contributed by atoms with Crippen LogP contribution in [0.1, 0.15) is 40.0 Å². The van der Waals surface area contributed by atoms with Gasteiger partial charge in [-0.15, -0.1) is 0 Å². The quantitative estimate of drug-likeness (QED) is 0.257. The molecular weight excluding hydrogens is 580 g/mol. The number of hydrogen-bond donors (Lipinski definition) is 3. The number of amides is 2. The van der Waals surface area contributed by atoms with Crippen molar-refractivity contribution in [1.29, 1.82) is 0 Å². The van der Waals surface area contributed by atoms with E-state index in [9.17, 15) is 32.3 Å². The number of aromatic nitrogens is 2. The predicted octanol–water partition coefficient (Wildman–Crippen LogP) is 5.31. The largest absolute Gasteiger partial charge is 0.506 e. The summed E-state index contributed by atoms with van der Waals surface area (Å²) in [5.41, 5.74) is 4.61. The highest BCUT2D eigenvalue weighted by atomic mass is 35.5. The molecular formula is C29H23ClF4N4O4. The van der Waals surface area contributed by atoms with E-state index in [0.29, 0.717) is 5.39 Å². The molecule has 218 valence electrons. The second kappa shape index (κ2) is 10.4. The van der Waals surface area contributed by atoms with E-state index in [-0.39, 0.29) is 51.0 Å². The molecule has 0 aliphatic carbocycles. The van der Waals surface area contributed by atoms with E-state index >= 15 is 0 Å². The number of aryl methyl sites for hydroxylation is 1. The van der Waals surface area contributed by atoms with Crippen molar-refractivity contribution in [3.63, 3.8) is 0 Å². The van der Waals surface area contributed by atoms with Gasteiger partial charge in [-0.25, -0.2) is 9.37 Å². The first kappa shape index (κ1) is 29.1. The number of carbonyl (C=O) groups is 2. The molecule has 13 heteroatoms. The third kappa shape index (κ3) is 5.18. The molecule has 0 radical (unpaired) electrons. The number of fused-ring (bicyclic) bond motifs is 2. The summed E-state index contributed by atoms with van der Waals surface area (Å²) in [4.78, 5) is 33.7. The summed E-state index contributed by atoms with van der Waals surface area (Å²) in [6, 6.07) is 8.76. The van der Waals surface area contributed by atoms with Crippen LogP contribution in [0.5, 0.6) is 11.5 Å². The van der Waals surface area contributed by atoms with E-state index in [4.69, 9.17) is 22.1 Å². The van der Waals surface area contributed by atoms with Gasteiger partial charge in [-0.3, -0.25) is 14.6 Å². The summed E-state index contributed by atoms with van der Waals surface area (Å²) < 4.78 is 63.0. The molecule has 8 nitrogen and oxygen atoms in total. The molecule has 1 aliphatic rings. The number of phenols is 1. The minimum absolute atomic E-state index is 0.0169. The van der Waals surface area contributed by atoms with Crippen LogP contribution in [-0.2, 0) is 10.2 Å². The predicted molar refractivity (Wildman–Crippen MR) is 146 cm³/mol.